The van der Waals surface area contributed by atoms with E-state index in [1.165, 1.54) is 66.4 Å². The summed E-state index contributed by atoms with van der Waals surface area (Å²) in [6.07, 6.45) is 0. The predicted octanol–water partition coefficient (Wildman–Crippen LogP) is 13.9. The average molecular weight is 749 g/mol. The summed E-state index contributed by atoms with van der Waals surface area (Å²) in [5, 5.41) is 3.07. The summed E-state index contributed by atoms with van der Waals surface area (Å²) in [7, 11) is 0. The Morgan fingerprint density at radius 2 is 1.04 bits per heavy atom. The first-order chi connectivity index (χ1) is 25.6. The second-order valence-electron chi connectivity index (χ2n) is 13.5. The van der Waals surface area contributed by atoms with Crippen LogP contribution in [0.2, 0.25) is 5.02 Å². The molecule has 0 saturated carbocycles. The van der Waals surface area contributed by atoms with E-state index in [9.17, 15) is 0 Å². The Labute approximate surface area is 316 Å². The van der Waals surface area contributed by atoms with Crippen molar-refractivity contribution in [3.05, 3.63) is 220 Å². The maximum absolute atomic E-state index is 7.07. The molecule has 0 unspecified atom stereocenters. The molecule has 10 rings (SSSR count). The molecule has 0 aliphatic heterocycles. The van der Waals surface area contributed by atoms with Crippen molar-refractivity contribution in [3.63, 3.8) is 0 Å². The van der Waals surface area contributed by atoms with Crippen LogP contribution < -0.4 is 0 Å². The molecule has 0 N–H and O–H groups in total. The van der Waals surface area contributed by atoms with E-state index in [1.54, 1.807) is 0 Å². The van der Waals surface area contributed by atoms with E-state index in [1.807, 2.05) is 12.1 Å². The van der Waals surface area contributed by atoms with E-state index in [2.05, 4.69) is 196 Å². The van der Waals surface area contributed by atoms with Crippen LogP contribution in [0.3, 0.4) is 0 Å². The van der Waals surface area contributed by atoms with Gasteiger partial charge >= 0.3 is 0 Å². The third-order valence-electron chi connectivity index (χ3n) is 10.8. The zero-order valence-corrected chi connectivity index (χ0v) is 30.4. The SMILES string of the molecule is Clc1ccccc1-n1c2ccccc2c2c(Br)cc3c(c21)-c1ccccc1C3(c1cccc(-c2ccccc2)c1)c1cccc(-c2ccccc2)c1. The lowest BCUT2D eigenvalue weighted by Crippen LogP contribution is -2.28. The Bertz CT molecular complexity index is 2730. The molecule has 0 fully saturated rings. The number of fused-ring (bicyclic) bond motifs is 7. The minimum Gasteiger partial charge on any atom is -0.307 e. The number of hydrogen-bond acceptors (Lipinski definition) is 0. The van der Waals surface area contributed by atoms with Crippen LogP contribution in [0.15, 0.2) is 193 Å². The van der Waals surface area contributed by atoms with Crippen molar-refractivity contribution in [1.29, 1.82) is 0 Å². The largest absolute Gasteiger partial charge is 0.307 e. The summed E-state index contributed by atoms with van der Waals surface area (Å²) in [6.45, 7) is 0. The smallest absolute Gasteiger partial charge is 0.0715 e. The first-order valence-electron chi connectivity index (χ1n) is 17.6. The van der Waals surface area contributed by atoms with Crippen LogP contribution in [0, 0.1) is 0 Å². The Hall–Kier alpha value is -5.67. The molecule has 246 valence electrons. The van der Waals surface area contributed by atoms with Crippen molar-refractivity contribution in [2.75, 3.05) is 0 Å². The summed E-state index contributed by atoms with van der Waals surface area (Å²) in [5.74, 6) is 0. The number of aromatic nitrogens is 1. The molecular formula is C49H31BrClN. The van der Waals surface area contributed by atoms with E-state index in [-0.39, 0.29) is 0 Å². The molecule has 1 aliphatic carbocycles. The highest BCUT2D eigenvalue weighted by molar-refractivity contribution is 9.10. The molecule has 0 atom stereocenters. The number of benzene rings is 8. The van der Waals surface area contributed by atoms with E-state index in [4.69, 9.17) is 11.6 Å². The first kappa shape index (κ1) is 31.1. The molecule has 3 heteroatoms. The van der Waals surface area contributed by atoms with Crippen molar-refractivity contribution in [2.24, 2.45) is 0 Å². The maximum atomic E-state index is 7.07. The van der Waals surface area contributed by atoms with E-state index in [0.717, 1.165) is 21.2 Å². The molecule has 0 spiro atoms. The van der Waals surface area contributed by atoms with Crippen LogP contribution >= 0.6 is 27.5 Å². The molecule has 8 aromatic carbocycles. The lowest BCUT2D eigenvalue weighted by molar-refractivity contribution is 0.769. The van der Waals surface area contributed by atoms with E-state index >= 15 is 0 Å². The summed E-state index contributed by atoms with van der Waals surface area (Å²) in [5.41, 5.74) is 14.7. The third-order valence-corrected chi connectivity index (χ3v) is 11.7. The molecular weight excluding hydrogens is 718 g/mol. The first-order valence-corrected chi connectivity index (χ1v) is 18.7. The van der Waals surface area contributed by atoms with Gasteiger partial charge in [-0.2, -0.15) is 0 Å². The third kappa shape index (κ3) is 4.54. The fourth-order valence-electron chi connectivity index (χ4n) is 8.66. The van der Waals surface area contributed by atoms with Gasteiger partial charge in [0, 0.05) is 20.8 Å². The minimum absolute atomic E-state index is 0.639. The Morgan fingerprint density at radius 1 is 0.481 bits per heavy atom. The highest BCUT2D eigenvalue weighted by atomic mass is 79.9. The van der Waals surface area contributed by atoms with Gasteiger partial charge in [-0.25, -0.2) is 0 Å². The molecule has 9 aromatic rings. The van der Waals surface area contributed by atoms with Crippen LogP contribution in [0.5, 0.6) is 0 Å². The fraction of sp³-hybridized carbons (Fsp3) is 0.0204. The highest BCUT2D eigenvalue weighted by Crippen LogP contribution is 2.60. The molecule has 0 saturated heterocycles. The lowest BCUT2D eigenvalue weighted by atomic mass is 9.67. The molecule has 1 aliphatic rings. The summed E-state index contributed by atoms with van der Waals surface area (Å²) in [4.78, 5) is 0. The van der Waals surface area contributed by atoms with E-state index < -0.39 is 5.41 Å². The van der Waals surface area contributed by atoms with Gasteiger partial charge in [-0.15, -0.1) is 0 Å². The zero-order chi connectivity index (χ0) is 34.8. The van der Waals surface area contributed by atoms with Crippen molar-refractivity contribution in [2.45, 2.75) is 5.41 Å². The molecule has 0 bridgehead atoms. The van der Waals surface area contributed by atoms with Gasteiger partial charge in [0.25, 0.3) is 0 Å². The van der Waals surface area contributed by atoms with Crippen molar-refractivity contribution in [3.8, 4) is 39.1 Å². The minimum atomic E-state index is -0.639. The standard InChI is InChI=1S/C49H31BrClN/c50-42-31-41-46(48-47(42)39-24-8-11-27-44(39)52(48)45-28-12-10-26-43(45)51)38-23-7-9-25-40(38)49(41,36-21-13-19-34(29-36)32-15-3-1-4-16-32)37-22-14-20-35(30-37)33-17-5-2-6-18-33/h1-31H. The maximum Gasteiger partial charge on any atom is 0.0715 e. The van der Waals surface area contributed by atoms with Crippen LogP contribution in [-0.2, 0) is 5.41 Å². The van der Waals surface area contributed by atoms with Gasteiger partial charge in [0.05, 0.1) is 27.2 Å². The van der Waals surface area contributed by atoms with E-state index in [0.29, 0.717) is 5.02 Å². The van der Waals surface area contributed by atoms with Crippen molar-refractivity contribution in [1.82, 2.24) is 4.57 Å². The Morgan fingerprint density at radius 3 is 1.71 bits per heavy atom. The fourth-order valence-corrected chi connectivity index (χ4v) is 9.51. The number of halogens is 2. The molecule has 0 radical (unpaired) electrons. The molecule has 1 nitrogen and oxygen atoms in total. The molecule has 1 heterocycles. The van der Waals surface area contributed by atoms with Gasteiger partial charge in [0.15, 0.2) is 0 Å². The van der Waals surface area contributed by atoms with Crippen LogP contribution in [0.25, 0.3) is 60.9 Å². The normalized spacial score (nSPS) is 13.0. The van der Waals surface area contributed by atoms with Crippen LogP contribution in [-0.4, -0.2) is 4.57 Å². The van der Waals surface area contributed by atoms with Crippen molar-refractivity contribution < 1.29 is 0 Å². The van der Waals surface area contributed by atoms with Crippen LogP contribution in [0.4, 0.5) is 0 Å². The van der Waals surface area contributed by atoms with Gasteiger partial charge in [0.1, 0.15) is 0 Å². The topological polar surface area (TPSA) is 4.93 Å². The monoisotopic (exact) mass is 747 g/mol. The molecule has 1 aromatic heterocycles. The van der Waals surface area contributed by atoms with Crippen LogP contribution in [0.1, 0.15) is 22.3 Å². The zero-order valence-electron chi connectivity index (χ0n) is 28.1. The Kier molecular flexibility index (Phi) is 7.32. The average Bonchev–Trinajstić information content (AvgIpc) is 3.70. The summed E-state index contributed by atoms with van der Waals surface area (Å²) < 4.78 is 3.43. The molecule has 52 heavy (non-hydrogen) atoms. The molecule has 0 amide bonds. The Balaban J connectivity index is 1.40. The number of hydrogen-bond donors (Lipinski definition) is 0. The summed E-state index contributed by atoms with van der Waals surface area (Å²) in [6, 6.07) is 68.0. The second-order valence-corrected chi connectivity index (χ2v) is 14.8. The number of nitrogens with zero attached hydrogens (tertiary/aromatic N) is 1. The highest BCUT2D eigenvalue weighted by Gasteiger charge is 2.48. The lowest BCUT2D eigenvalue weighted by Gasteiger charge is -2.34. The van der Waals surface area contributed by atoms with Gasteiger partial charge in [-0.3, -0.25) is 0 Å². The van der Waals surface area contributed by atoms with Gasteiger partial charge < -0.3 is 4.57 Å². The van der Waals surface area contributed by atoms with Gasteiger partial charge in [0.2, 0.25) is 0 Å². The van der Waals surface area contributed by atoms with Crippen molar-refractivity contribution >= 4 is 49.3 Å². The summed E-state index contributed by atoms with van der Waals surface area (Å²) >= 11 is 11.2. The second kappa shape index (κ2) is 12.2. The predicted molar refractivity (Wildman–Crippen MR) is 222 cm³/mol. The quantitative estimate of drug-likeness (QED) is 0.165. The number of para-hydroxylation sites is 2. The van der Waals surface area contributed by atoms with Gasteiger partial charge in [-0.05, 0) is 86.5 Å². The van der Waals surface area contributed by atoms with Gasteiger partial charge in [-0.1, -0.05) is 179 Å². The number of rotatable bonds is 5.